The molecule has 0 radical (unpaired) electrons. The molecule has 1 aliphatic heterocycles. The van der Waals surface area contributed by atoms with Crippen molar-refractivity contribution < 1.29 is 18.9 Å². The summed E-state index contributed by atoms with van der Waals surface area (Å²) < 4.78 is 11.6. The third-order valence-electron chi connectivity index (χ3n) is 4.90. The third-order valence-corrected chi connectivity index (χ3v) is 4.90. The summed E-state index contributed by atoms with van der Waals surface area (Å²) in [6.45, 7) is 0. The first kappa shape index (κ1) is 19.3. The van der Waals surface area contributed by atoms with Crippen molar-refractivity contribution in [2.75, 3.05) is 5.32 Å². The van der Waals surface area contributed by atoms with Gasteiger partial charge in [-0.15, -0.1) is 0 Å². The Morgan fingerprint density at radius 1 is 0.906 bits per heavy atom. The van der Waals surface area contributed by atoms with Crippen molar-refractivity contribution in [3.05, 3.63) is 100 Å². The van der Waals surface area contributed by atoms with Crippen molar-refractivity contribution in [2.45, 2.75) is 0 Å². The normalized spacial score (nSPS) is 12.4. The van der Waals surface area contributed by atoms with Gasteiger partial charge >= 0.3 is 0 Å². The van der Waals surface area contributed by atoms with Crippen molar-refractivity contribution in [2.24, 2.45) is 4.99 Å². The number of hydrogen-bond donors (Lipinski definition) is 1. The maximum Gasteiger partial charge on any atom is 0.280 e. The number of nitrogens with one attached hydrogen (secondary N) is 1. The zero-order valence-corrected chi connectivity index (χ0v) is 16.5. The van der Waals surface area contributed by atoms with Crippen molar-refractivity contribution in [1.82, 2.24) is 0 Å². The van der Waals surface area contributed by atoms with Gasteiger partial charge in [-0.1, -0.05) is 24.3 Å². The Labute approximate surface area is 181 Å². The summed E-state index contributed by atoms with van der Waals surface area (Å²) in [5.41, 5.74) is 1.82. The molecule has 0 saturated carbocycles. The SMILES string of the molecule is O=C1Nc2ccccc2Oc2ccc(N=Cc3ccc(-c4ccccc4[N+](=O)[O-])o3)cc21. The number of carbonyl (C=O) groups is 1. The van der Waals surface area contributed by atoms with Crippen LogP contribution in [0.2, 0.25) is 0 Å². The van der Waals surface area contributed by atoms with Gasteiger partial charge in [-0.05, 0) is 48.5 Å². The Kier molecular flexibility index (Phi) is 4.72. The predicted octanol–water partition coefficient (Wildman–Crippen LogP) is 5.96. The molecular weight excluding hydrogens is 410 g/mol. The standard InChI is InChI=1S/C24H15N3O5/c28-24-18-13-15(9-11-22(18)32-23-8-4-2-6-19(23)26-24)25-14-16-10-12-21(31-16)17-5-1-3-7-20(17)27(29)30/h1-14H,(H,26,28). The molecule has 0 unspecified atom stereocenters. The van der Waals surface area contributed by atoms with Crippen LogP contribution >= 0.6 is 0 Å². The number of fused-ring (bicyclic) bond motifs is 2. The fourth-order valence-electron chi connectivity index (χ4n) is 3.38. The van der Waals surface area contributed by atoms with Gasteiger partial charge in [0.25, 0.3) is 11.6 Å². The van der Waals surface area contributed by atoms with Crippen LogP contribution < -0.4 is 10.1 Å². The van der Waals surface area contributed by atoms with Gasteiger partial charge in [0.1, 0.15) is 17.3 Å². The largest absolute Gasteiger partial charge is 0.455 e. The minimum absolute atomic E-state index is 0.0388. The highest BCUT2D eigenvalue weighted by Crippen LogP contribution is 2.37. The van der Waals surface area contributed by atoms with E-state index in [9.17, 15) is 14.9 Å². The van der Waals surface area contributed by atoms with Gasteiger partial charge in [0, 0.05) is 6.07 Å². The molecule has 32 heavy (non-hydrogen) atoms. The van der Waals surface area contributed by atoms with E-state index in [1.165, 1.54) is 12.3 Å². The van der Waals surface area contributed by atoms with Crippen LogP contribution in [0.25, 0.3) is 11.3 Å². The van der Waals surface area contributed by atoms with Crippen LogP contribution in [0.4, 0.5) is 17.1 Å². The number of nitro benzene ring substituents is 1. The first-order valence-corrected chi connectivity index (χ1v) is 9.68. The number of nitrogens with zero attached hydrogens (tertiary/aromatic N) is 2. The smallest absolute Gasteiger partial charge is 0.280 e. The molecule has 0 aliphatic carbocycles. The van der Waals surface area contributed by atoms with Gasteiger partial charge in [-0.3, -0.25) is 19.9 Å². The first-order chi connectivity index (χ1) is 15.6. The molecule has 1 aliphatic rings. The third kappa shape index (κ3) is 3.61. The number of ether oxygens (including phenoxy) is 1. The van der Waals surface area contributed by atoms with Crippen LogP contribution in [0.15, 0.2) is 88.3 Å². The number of benzene rings is 3. The maximum absolute atomic E-state index is 12.6. The lowest BCUT2D eigenvalue weighted by Gasteiger charge is -2.07. The zero-order chi connectivity index (χ0) is 22.1. The minimum atomic E-state index is -0.452. The highest BCUT2D eigenvalue weighted by Gasteiger charge is 2.21. The summed E-state index contributed by atoms with van der Waals surface area (Å²) in [5, 5.41) is 14.1. The summed E-state index contributed by atoms with van der Waals surface area (Å²) in [4.78, 5) is 27.8. The van der Waals surface area contributed by atoms with E-state index in [2.05, 4.69) is 10.3 Å². The number of carbonyl (C=O) groups excluding carboxylic acids is 1. The monoisotopic (exact) mass is 425 g/mol. The lowest BCUT2D eigenvalue weighted by atomic mass is 10.1. The topological polar surface area (TPSA) is 107 Å². The van der Waals surface area contributed by atoms with Crippen LogP contribution in [0, 0.1) is 10.1 Å². The van der Waals surface area contributed by atoms with Crippen molar-refractivity contribution >= 4 is 29.2 Å². The van der Waals surface area contributed by atoms with E-state index in [-0.39, 0.29) is 11.6 Å². The summed E-state index contributed by atoms with van der Waals surface area (Å²) in [6, 6.07) is 21.9. The average molecular weight is 425 g/mol. The first-order valence-electron chi connectivity index (χ1n) is 9.68. The number of para-hydroxylation sites is 3. The Morgan fingerprint density at radius 3 is 2.59 bits per heavy atom. The summed E-state index contributed by atoms with van der Waals surface area (Å²) >= 11 is 0. The van der Waals surface area contributed by atoms with Gasteiger partial charge in [0.2, 0.25) is 0 Å². The molecule has 1 amide bonds. The van der Waals surface area contributed by atoms with Crippen molar-refractivity contribution in [3.63, 3.8) is 0 Å². The Bertz CT molecular complexity index is 1390. The fraction of sp³-hybridized carbons (Fsp3) is 0. The fourth-order valence-corrected chi connectivity index (χ4v) is 3.38. The molecule has 0 saturated heterocycles. The molecule has 0 atom stereocenters. The van der Waals surface area contributed by atoms with Gasteiger partial charge in [-0.2, -0.15) is 0 Å². The second kappa shape index (κ2) is 7.84. The van der Waals surface area contributed by atoms with Gasteiger partial charge in [-0.25, -0.2) is 0 Å². The highest BCUT2D eigenvalue weighted by atomic mass is 16.6. The molecule has 156 valence electrons. The van der Waals surface area contributed by atoms with Gasteiger partial charge < -0.3 is 14.5 Å². The summed E-state index contributed by atoms with van der Waals surface area (Å²) in [6.07, 6.45) is 1.49. The van der Waals surface area contributed by atoms with Gasteiger partial charge in [0.05, 0.1) is 33.6 Å². The molecule has 8 heteroatoms. The molecular formula is C24H15N3O5. The quantitative estimate of drug-likeness (QED) is 0.246. The Hall–Kier alpha value is -4.72. The summed E-state index contributed by atoms with van der Waals surface area (Å²) in [7, 11) is 0. The molecule has 1 aromatic heterocycles. The number of amides is 1. The minimum Gasteiger partial charge on any atom is -0.455 e. The number of rotatable bonds is 4. The van der Waals surface area contributed by atoms with E-state index in [1.54, 1.807) is 60.7 Å². The molecule has 0 bridgehead atoms. The second-order valence-electron chi connectivity index (χ2n) is 6.97. The van der Waals surface area contributed by atoms with E-state index in [0.717, 1.165) is 0 Å². The number of nitro groups is 1. The lowest BCUT2D eigenvalue weighted by Crippen LogP contribution is -2.10. The van der Waals surface area contributed by atoms with E-state index in [0.29, 0.717) is 45.5 Å². The maximum atomic E-state index is 12.6. The van der Waals surface area contributed by atoms with E-state index >= 15 is 0 Å². The Balaban J connectivity index is 1.41. The van der Waals surface area contributed by atoms with Gasteiger partial charge in [0.15, 0.2) is 5.75 Å². The number of furan rings is 1. The highest BCUT2D eigenvalue weighted by molar-refractivity contribution is 6.08. The van der Waals surface area contributed by atoms with Crippen molar-refractivity contribution in [1.29, 1.82) is 0 Å². The second-order valence-corrected chi connectivity index (χ2v) is 6.97. The Morgan fingerprint density at radius 2 is 1.72 bits per heavy atom. The average Bonchev–Trinajstić information content (AvgIpc) is 3.23. The molecule has 8 nitrogen and oxygen atoms in total. The molecule has 0 fully saturated rings. The number of aliphatic imine (C=N–C) groups is 1. The number of anilines is 1. The molecule has 0 spiro atoms. The molecule has 1 N–H and O–H groups in total. The van der Waals surface area contributed by atoms with Crippen LogP contribution in [0.5, 0.6) is 11.5 Å². The lowest BCUT2D eigenvalue weighted by molar-refractivity contribution is -0.384. The molecule has 2 heterocycles. The molecule has 5 rings (SSSR count). The van der Waals surface area contributed by atoms with E-state index < -0.39 is 4.92 Å². The van der Waals surface area contributed by atoms with E-state index in [4.69, 9.17) is 9.15 Å². The van der Waals surface area contributed by atoms with Crippen LogP contribution in [0.1, 0.15) is 16.1 Å². The summed E-state index contributed by atoms with van der Waals surface area (Å²) in [5.74, 6) is 1.49. The molecule has 3 aromatic carbocycles. The number of hydrogen-bond acceptors (Lipinski definition) is 6. The zero-order valence-electron chi connectivity index (χ0n) is 16.5. The van der Waals surface area contributed by atoms with Crippen LogP contribution in [0.3, 0.4) is 0 Å². The predicted molar refractivity (Wildman–Crippen MR) is 119 cm³/mol. The van der Waals surface area contributed by atoms with E-state index in [1.807, 2.05) is 12.1 Å². The van der Waals surface area contributed by atoms with Crippen molar-refractivity contribution in [3.8, 4) is 22.8 Å². The molecule has 4 aromatic rings. The van der Waals surface area contributed by atoms with Crippen LogP contribution in [-0.2, 0) is 0 Å². The van der Waals surface area contributed by atoms with Crippen LogP contribution in [-0.4, -0.2) is 17.0 Å².